The van der Waals surface area contributed by atoms with Crippen LogP contribution in [0, 0.1) is 0 Å². The molecule has 0 bridgehead atoms. The lowest BCUT2D eigenvalue weighted by molar-refractivity contribution is 0.0631. The van der Waals surface area contributed by atoms with Crippen molar-refractivity contribution in [2.24, 2.45) is 0 Å². The average molecular weight is 292 g/mol. The van der Waals surface area contributed by atoms with Gasteiger partial charge < -0.3 is 15.3 Å². The van der Waals surface area contributed by atoms with Crippen LogP contribution in [0.5, 0.6) is 0 Å². The molecule has 116 valence electrons. The van der Waals surface area contributed by atoms with Gasteiger partial charge in [0.15, 0.2) is 0 Å². The summed E-state index contributed by atoms with van der Waals surface area (Å²) >= 11 is 0. The molecule has 21 heavy (non-hydrogen) atoms. The number of amides is 1. The quantitative estimate of drug-likeness (QED) is 0.799. The van der Waals surface area contributed by atoms with Gasteiger partial charge >= 0.3 is 0 Å². The van der Waals surface area contributed by atoms with Crippen LogP contribution in [0.1, 0.15) is 49.5 Å². The van der Waals surface area contributed by atoms with Crippen LogP contribution in [0.2, 0.25) is 0 Å². The lowest BCUT2D eigenvalue weighted by Crippen LogP contribution is -2.41. The molecule has 1 amide bonds. The van der Waals surface area contributed by atoms with E-state index < -0.39 is 0 Å². The van der Waals surface area contributed by atoms with Gasteiger partial charge in [-0.1, -0.05) is 19.8 Å². The second-order valence-corrected chi connectivity index (χ2v) is 5.37. The first kappa shape index (κ1) is 15.7. The van der Waals surface area contributed by atoms with E-state index >= 15 is 0 Å². The van der Waals surface area contributed by atoms with Gasteiger partial charge in [-0.15, -0.1) is 0 Å². The zero-order valence-corrected chi connectivity index (χ0v) is 12.6. The van der Waals surface area contributed by atoms with Crippen molar-refractivity contribution in [3.8, 4) is 0 Å². The maximum atomic E-state index is 12.5. The first-order valence-electron chi connectivity index (χ1n) is 7.74. The van der Waals surface area contributed by atoms with Crippen molar-refractivity contribution in [3.05, 3.63) is 18.1 Å². The molecule has 2 N–H and O–H groups in total. The highest BCUT2D eigenvalue weighted by Gasteiger charge is 2.27. The minimum atomic E-state index is -0.134. The van der Waals surface area contributed by atoms with Gasteiger partial charge in [-0.3, -0.25) is 4.79 Å². The van der Waals surface area contributed by atoms with Crippen LogP contribution in [0.3, 0.4) is 0 Å². The van der Waals surface area contributed by atoms with Gasteiger partial charge in [-0.2, -0.15) is 0 Å². The van der Waals surface area contributed by atoms with Crippen molar-refractivity contribution >= 4 is 11.7 Å². The van der Waals surface area contributed by atoms with Gasteiger partial charge in [0.1, 0.15) is 11.5 Å². The number of rotatable bonds is 7. The molecule has 0 spiro atoms. The summed E-state index contributed by atoms with van der Waals surface area (Å²) in [4.78, 5) is 22.7. The largest absolute Gasteiger partial charge is 0.395 e. The Labute approximate surface area is 125 Å². The third-order valence-electron chi connectivity index (χ3n) is 3.79. The second kappa shape index (κ2) is 7.93. The Bertz CT molecular complexity index is 443. The molecule has 2 rings (SSSR count). The summed E-state index contributed by atoms with van der Waals surface area (Å²) in [5.41, 5.74) is 0.345. The standard InChI is InChI=1S/C15H24N4O2/c1-2-7-16-14-11-17-13(10-18-14)15(21)19(8-9-20)12-5-3-4-6-12/h10-12,20H,2-9H2,1H3,(H,16,18). The number of aliphatic hydroxyl groups excluding tert-OH is 1. The average Bonchev–Trinajstić information content (AvgIpc) is 3.04. The number of anilines is 1. The van der Waals surface area contributed by atoms with Crippen LogP contribution in [0.25, 0.3) is 0 Å². The van der Waals surface area contributed by atoms with Gasteiger partial charge in [-0.05, 0) is 19.3 Å². The third-order valence-corrected chi connectivity index (χ3v) is 3.79. The molecule has 0 atom stereocenters. The van der Waals surface area contributed by atoms with Gasteiger partial charge in [0.05, 0.1) is 19.0 Å². The fourth-order valence-corrected chi connectivity index (χ4v) is 2.70. The summed E-state index contributed by atoms with van der Waals surface area (Å²) in [6.45, 7) is 3.25. The Balaban J connectivity index is 2.05. The Kier molecular flexibility index (Phi) is 5.92. The van der Waals surface area contributed by atoms with E-state index in [-0.39, 0.29) is 18.6 Å². The predicted octanol–water partition coefficient (Wildman–Crippen LogP) is 1.68. The van der Waals surface area contributed by atoms with E-state index in [0.29, 0.717) is 18.1 Å². The maximum absolute atomic E-state index is 12.5. The topological polar surface area (TPSA) is 78.4 Å². The van der Waals surface area contributed by atoms with Gasteiger partial charge in [0.2, 0.25) is 0 Å². The molecule has 0 unspecified atom stereocenters. The van der Waals surface area contributed by atoms with Crippen molar-refractivity contribution in [3.63, 3.8) is 0 Å². The molecule has 0 saturated heterocycles. The van der Waals surface area contributed by atoms with Crippen LogP contribution in [0.15, 0.2) is 12.4 Å². The summed E-state index contributed by atoms with van der Waals surface area (Å²) < 4.78 is 0. The molecular weight excluding hydrogens is 268 g/mol. The summed E-state index contributed by atoms with van der Waals surface area (Å²) in [6, 6.07) is 0.226. The van der Waals surface area contributed by atoms with E-state index in [4.69, 9.17) is 0 Å². The Morgan fingerprint density at radius 1 is 1.38 bits per heavy atom. The van der Waals surface area contributed by atoms with Crippen LogP contribution in [0.4, 0.5) is 5.82 Å². The lowest BCUT2D eigenvalue weighted by Gasteiger charge is -2.27. The maximum Gasteiger partial charge on any atom is 0.274 e. The Hall–Kier alpha value is -1.69. The predicted molar refractivity (Wildman–Crippen MR) is 81.2 cm³/mol. The fourth-order valence-electron chi connectivity index (χ4n) is 2.70. The Morgan fingerprint density at radius 2 is 2.14 bits per heavy atom. The molecule has 0 aliphatic heterocycles. The molecule has 6 nitrogen and oxygen atoms in total. The fraction of sp³-hybridized carbons (Fsp3) is 0.667. The number of hydrogen-bond acceptors (Lipinski definition) is 5. The van der Waals surface area contributed by atoms with E-state index in [1.54, 1.807) is 11.1 Å². The minimum absolute atomic E-state index is 0.0220. The molecule has 6 heteroatoms. The molecular formula is C15H24N4O2. The van der Waals surface area contributed by atoms with E-state index in [2.05, 4.69) is 22.2 Å². The van der Waals surface area contributed by atoms with E-state index in [0.717, 1.165) is 38.6 Å². The second-order valence-electron chi connectivity index (χ2n) is 5.37. The van der Waals surface area contributed by atoms with Crippen molar-refractivity contribution in [1.29, 1.82) is 0 Å². The Morgan fingerprint density at radius 3 is 2.71 bits per heavy atom. The lowest BCUT2D eigenvalue weighted by atomic mass is 10.2. The van der Waals surface area contributed by atoms with E-state index in [1.807, 2.05) is 0 Å². The van der Waals surface area contributed by atoms with Crippen LogP contribution < -0.4 is 5.32 Å². The van der Waals surface area contributed by atoms with Crippen LogP contribution in [-0.2, 0) is 0 Å². The van der Waals surface area contributed by atoms with Crippen molar-refractivity contribution in [2.45, 2.75) is 45.1 Å². The number of aromatic nitrogens is 2. The monoisotopic (exact) mass is 292 g/mol. The smallest absolute Gasteiger partial charge is 0.274 e. The molecule has 1 aliphatic rings. The van der Waals surface area contributed by atoms with Crippen molar-refractivity contribution in [1.82, 2.24) is 14.9 Å². The van der Waals surface area contributed by atoms with E-state index in [9.17, 15) is 9.90 Å². The highest BCUT2D eigenvalue weighted by molar-refractivity contribution is 5.92. The summed E-state index contributed by atoms with van der Waals surface area (Å²) in [7, 11) is 0. The van der Waals surface area contributed by atoms with Gasteiger partial charge in [0.25, 0.3) is 5.91 Å². The van der Waals surface area contributed by atoms with Gasteiger partial charge in [-0.25, -0.2) is 9.97 Å². The third kappa shape index (κ3) is 4.14. The highest BCUT2D eigenvalue weighted by Crippen LogP contribution is 2.24. The number of nitrogens with zero attached hydrogens (tertiary/aromatic N) is 3. The normalized spacial score (nSPS) is 15.1. The van der Waals surface area contributed by atoms with Crippen LogP contribution in [-0.4, -0.2) is 51.6 Å². The van der Waals surface area contributed by atoms with Crippen LogP contribution >= 0.6 is 0 Å². The summed E-state index contributed by atoms with van der Waals surface area (Å²) in [5.74, 6) is 0.550. The number of aliphatic hydroxyl groups is 1. The van der Waals surface area contributed by atoms with Crippen molar-refractivity contribution in [2.75, 3.05) is 25.0 Å². The summed E-state index contributed by atoms with van der Waals surface area (Å²) in [6.07, 6.45) is 8.42. The SMILES string of the molecule is CCCNc1cnc(C(=O)N(CCO)C2CCCC2)cn1. The zero-order chi connectivity index (χ0) is 15.1. The summed E-state index contributed by atoms with van der Waals surface area (Å²) in [5, 5.41) is 12.3. The zero-order valence-electron chi connectivity index (χ0n) is 12.6. The number of carbonyl (C=O) groups excluding carboxylic acids is 1. The molecule has 0 aromatic carbocycles. The van der Waals surface area contributed by atoms with E-state index in [1.165, 1.54) is 6.20 Å². The first-order valence-corrected chi connectivity index (χ1v) is 7.74. The molecule has 1 heterocycles. The highest BCUT2D eigenvalue weighted by atomic mass is 16.3. The molecule has 1 saturated carbocycles. The van der Waals surface area contributed by atoms with Crippen molar-refractivity contribution < 1.29 is 9.90 Å². The number of carbonyl (C=O) groups is 1. The number of hydrogen-bond donors (Lipinski definition) is 2. The van der Waals surface area contributed by atoms with Gasteiger partial charge in [0, 0.05) is 19.1 Å². The first-order chi connectivity index (χ1) is 10.3. The molecule has 1 aromatic heterocycles. The minimum Gasteiger partial charge on any atom is -0.395 e. The molecule has 0 radical (unpaired) electrons. The number of nitrogens with one attached hydrogen (secondary N) is 1. The molecule has 1 aromatic rings. The molecule has 1 fully saturated rings. The molecule has 1 aliphatic carbocycles.